The Bertz CT molecular complexity index is 602. The lowest BCUT2D eigenvalue weighted by atomic mass is 9.81. The fourth-order valence-corrected chi connectivity index (χ4v) is 3.88. The molecule has 142 valence electrons. The lowest BCUT2D eigenvalue weighted by molar-refractivity contribution is 0.144. The Kier molecular flexibility index (Phi) is 9.80. The molecule has 1 aromatic carbocycles. The van der Waals surface area contributed by atoms with E-state index in [9.17, 15) is 0 Å². The van der Waals surface area contributed by atoms with Crippen molar-refractivity contribution in [2.75, 3.05) is 0 Å². The van der Waals surface area contributed by atoms with Crippen LogP contribution in [0.5, 0.6) is 0 Å². The molecular formula is C25H37N. The Hall–Kier alpha value is -2.02. The van der Waals surface area contributed by atoms with E-state index in [0.29, 0.717) is 0 Å². The van der Waals surface area contributed by atoms with Gasteiger partial charge in [0.05, 0.1) is 5.54 Å². The lowest BCUT2D eigenvalue weighted by Gasteiger charge is -2.48. The zero-order chi connectivity index (χ0) is 19.4. The van der Waals surface area contributed by atoms with Crippen molar-refractivity contribution in [2.24, 2.45) is 0 Å². The molecule has 0 saturated carbocycles. The lowest BCUT2D eigenvalue weighted by Crippen LogP contribution is -2.44. The quantitative estimate of drug-likeness (QED) is 0.275. The highest BCUT2D eigenvalue weighted by Crippen LogP contribution is 2.42. The highest BCUT2D eigenvalue weighted by molar-refractivity contribution is 5.31. The molecule has 0 aromatic heterocycles. The van der Waals surface area contributed by atoms with Crippen LogP contribution in [0.4, 0.5) is 0 Å². The van der Waals surface area contributed by atoms with Crippen LogP contribution >= 0.6 is 0 Å². The van der Waals surface area contributed by atoms with Crippen molar-refractivity contribution in [3.8, 4) is 0 Å². The number of nitrogens with zero attached hydrogens (tertiary/aromatic N) is 1. The predicted molar refractivity (Wildman–Crippen MR) is 117 cm³/mol. The Labute approximate surface area is 161 Å². The van der Waals surface area contributed by atoms with Crippen molar-refractivity contribution in [2.45, 2.75) is 71.8 Å². The summed E-state index contributed by atoms with van der Waals surface area (Å²) < 4.78 is 0. The summed E-state index contributed by atoms with van der Waals surface area (Å²) in [5, 5.41) is 0. The third-order valence-corrected chi connectivity index (χ3v) is 5.24. The minimum atomic E-state index is -0.0473. The van der Waals surface area contributed by atoms with Gasteiger partial charge in [0.1, 0.15) is 0 Å². The van der Waals surface area contributed by atoms with Crippen LogP contribution in [0.25, 0.3) is 0 Å². The Morgan fingerprint density at radius 3 is 2.12 bits per heavy atom. The Morgan fingerprint density at radius 1 is 1.00 bits per heavy atom. The molecule has 0 aliphatic rings. The zero-order valence-corrected chi connectivity index (χ0v) is 17.3. The number of hydrogen-bond donors (Lipinski definition) is 0. The molecule has 1 rings (SSSR count). The first kappa shape index (κ1) is 22.0. The summed E-state index contributed by atoms with van der Waals surface area (Å²) in [5.74, 6) is 0. The van der Waals surface area contributed by atoms with Gasteiger partial charge in [0.25, 0.3) is 0 Å². The molecule has 0 spiro atoms. The second kappa shape index (κ2) is 11.6. The molecule has 0 bridgehead atoms. The Morgan fingerprint density at radius 2 is 1.65 bits per heavy atom. The standard InChI is InChI=1S/C25H37N/c1-7-13-21-23(10-4)26(24(17-8-2)18-9-3)25(11-5,12-6)22-19-15-14-16-20-22/h7-8,10,14-17,19-20H,1-2,9,11-13,18,21H2,3-6H3. The molecular weight excluding hydrogens is 314 g/mol. The number of hydrogen-bond acceptors (Lipinski definition) is 1. The van der Waals surface area contributed by atoms with Gasteiger partial charge in [-0.2, -0.15) is 0 Å². The fraction of sp³-hybridized carbons (Fsp3) is 0.440. The molecule has 1 nitrogen and oxygen atoms in total. The van der Waals surface area contributed by atoms with E-state index in [1.54, 1.807) is 0 Å². The van der Waals surface area contributed by atoms with Gasteiger partial charge in [-0.05, 0) is 50.7 Å². The van der Waals surface area contributed by atoms with Crippen LogP contribution in [0.15, 0.2) is 79.2 Å². The van der Waals surface area contributed by atoms with Gasteiger partial charge in [0.2, 0.25) is 0 Å². The van der Waals surface area contributed by atoms with Gasteiger partial charge in [-0.3, -0.25) is 0 Å². The van der Waals surface area contributed by atoms with E-state index in [2.05, 4.69) is 88.2 Å². The van der Waals surface area contributed by atoms with Gasteiger partial charge in [0, 0.05) is 11.4 Å². The largest absolute Gasteiger partial charge is 0.339 e. The maximum Gasteiger partial charge on any atom is 0.0690 e. The number of allylic oxidation sites excluding steroid dienone is 6. The van der Waals surface area contributed by atoms with Gasteiger partial charge < -0.3 is 4.90 Å². The first-order chi connectivity index (χ1) is 12.6. The van der Waals surface area contributed by atoms with E-state index in [-0.39, 0.29) is 5.54 Å². The van der Waals surface area contributed by atoms with E-state index in [1.165, 1.54) is 17.0 Å². The van der Waals surface area contributed by atoms with Crippen molar-refractivity contribution in [1.82, 2.24) is 4.90 Å². The van der Waals surface area contributed by atoms with Crippen LogP contribution < -0.4 is 0 Å². The summed E-state index contributed by atoms with van der Waals surface area (Å²) in [6, 6.07) is 11.0. The van der Waals surface area contributed by atoms with Crippen molar-refractivity contribution >= 4 is 0 Å². The molecule has 1 aromatic rings. The summed E-state index contributed by atoms with van der Waals surface area (Å²) in [6.45, 7) is 16.9. The summed E-state index contributed by atoms with van der Waals surface area (Å²) in [6.07, 6.45) is 14.7. The molecule has 0 fully saturated rings. The minimum Gasteiger partial charge on any atom is -0.339 e. The molecule has 0 N–H and O–H groups in total. The van der Waals surface area contributed by atoms with Crippen LogP contribution in [-0.4, -0.2) is 4.90 Å². The molecule has 26 heavy (non-hydrogen) atoms. The first-order valence-corrected chi connectivity index (χ1v) is 10.1. The van der Waals surface area contributed by atoms with Gasteiger partial charge in [0.15, 0.2) is 0 Å². The van der Waals surface area contributed by atoms with E-state index >= 15 is 0 Å². The topological polar surface area (TPSA) is 3.24 Å². The van der Waals surface area contributed by atoms with Gasteiger partial charge in [-0.15, -0.1) is 6.58 Å². The zero-order valence-electron chi connectivity index (χ0n) is 17.3. The van der Waals surface area contributed by atoms with Crippen molar-refractivity contribution in [1.29, 1.82) is 0 Å². The van der Waals surface area contributed by atoms with Crippen molar-refractivity contribution < 1.29 is 0 Å². The summed E-state index contributed by atoms with van der Waals surface area (Å²) in [5.41, 5.74) is 4.06. The third-order valence-electron chi connectivity index (χ3n) is 5.24. The van der Waals surface area contributed by atoms with Crippen LogP contribution in [0.1, 0.15) is 71.8 Å². The van der Waals surface area contributed by atoms with E-state index < -0.39 is 0 Å². The molecule has 0 atom stereocenters. The first-order valence-electron chi connectivity index (χ1n) is 10.1. The second-order valence-electron chi connectivity index (χ2n) is 6.69. The maximum absolute atomic E-state index is 3.98. The third kappa shape index (κ3) is 5.00. The number of rotatable bonds is 12. The van der Waals surface area contributed by atoms with Crippen LogP contribution in [0.3, 0.4) is 0 Å². The van der Waals surface area contributed by atoms with E-state index in [4.69, 9.17) is 0 Å². The van der Waals surface area contributed by atoms with Gasteiger partial charge in [-0.25, -0.2) is 0 Å². The molecule has 0 aliphatic heterocycles. The van der Waals surface area contributed by atoms with Crippen LogP contribution in [-0.2, 0) is 5.54 Å². The summed E-state index contributed by atoms with van der Waals surface area (Å²) in [4.78, 5) is 2.61. The van der Waals surface area contributed by atoms with E-state index in [1.807, 2.05) is 12.2 Å². The van der Waals surface area contributed by atoms with Crippen LogP contribution in [0.2, 0.25) is 0 Å². The second-order valence-corrected chi connectivity index (χ2v) is 6.69. The van der Waals surface area contributed by atoms with Gasteiger partial charge in [-0.1, -0.05) is 82.3 Å². The molecule has 0 unspecified atom stereocenters. The van der Waals surface area contributed by atoms with E-state index in [0.717, 1.165) is 38.5 Å². The Balaban J connectivity index is 3.64. The molecule has 0 saturated heterocycles. The highest BCUT2D eigenvalue weighted by atomic mass is 15.2. The predicted octanol–water partition coefficient (Wildman–Crippen LogP) is 7.74. The smallest absolute Gasteiger partial charge is 0.0690 e. The highest BCUT2D eigenvalue weighted by Gasteiger charge is 2.37. The maximum atomic E-state index is 3.98. The molecule has 0 amide bonds. The monoisotopic (exact) mass is 351 g/mol. The molecule has 1 heteroatoms. The van der Waals surface area contributed by atoms with Gasteiger partial charge >= 0.3 is 0 Å². The SMILES string of the molecule is C=CC=C(CCC)N(C(=CC)CCC=C)C(CC)(CC)c1ccccc1. The minimum absolute atomic E-state index is 0.0473. The summed E-state index contributed by atoms with van der Waals surface area (Å²) in [7, 11) is 0. The normalized spacial score (nSPS) is 12.8. The average molecular weight is 352 g/mol. The van der Waals surface area contributed by atoms with Crippen LogP contribution in [0, 0.1) is 0 Å². The summed E-state index contributed by atoms with van der Waals surface area (Å²) >= 11 is 0. The van der Waals surface area contributed by atoms with Crippen molar-refractivity contribution in [3.63, 3.8) is 0 Å². The molecule has 0 aliphatic carbocycles. The molecule has 0 heterocycles. The van der Waals surface area contributed by atoms with Crippen molar-refractivity contribution in [3.05, 3.63) is 84.8 Å². The molecule has 0 radical (unpaired) electrons. The average Bonchev–Trinajstić information content (AvgIpc) is 2.68. The fourth-order valence-electron chi connectivity index (χ4n) is 3.88. The number of benzene rings is 1.